The van der Waals surface area contributed by atoms with Crippen LogP contribution in [0.3, 0.4) is 0 Å². The third-order valence-electron chi connectivity index (χ3n) is 4.34. The number of carbonyl (C=O) groups is 3. The van der Waals surface area contributed by atoms with E-state index in [1.54, 1.807) is 18.2 Å². The number of imide groups is 1. The monoisotopic (exact) mass is 473 g/mol. The topological polar surface area (TPSA) is 130 Å². The van der Waals surface area contributed by atoms with Gasteiger partial charge in [-0.2, -0.15) is 0 Å². The molecule has 1 aliphatic heterocycles. The predicted molar refractivity (Wildman–Crippen MR) is 123 cm³/mol. The Kier molecular flexibility index (Phi) is 7.67. The summed E-state index contributed by atoms with van der Waals surface area (Å²) in [5, 5.41) is 22.3. The number of thioether (sulfide) groups is 2. The lowest BCUT2D eigenvalue weighted by molar-refractivity contribution is -0.387. The minimum absolute atomic E-state index is 0.0724. The number of benzene rings is 2. The van der Waals surface area contributed by atoms with Crippen molar-refractivity contribution in [2.75, 3.05) is 24.2 Å². The maximum absolute atomic E-state index is 12.7. The highest BCUT2D eigenvalue weighted by atomic mass is 32.2. The molecule has 0 spiro atoms. The van der Waals surface area contributed by atoms with E-state index in [1.807, 2.05) is 19.1 Å². The number of hydrogen-bond donors (Lipinski definition) is 2. The molecular formula is C21H19N3O6S2. The molecule has 3 amide bonds. The van der Waals surface area contributed by atoms with Crippen molar-refractivity contribution in [2.45, 2.75) is 11.8 Å². The number of nitro groups is 1. The molecule has 1 saturated heterocycles. The van der Waals surface area contributed by atoms with Crippen molar-refractivity contribution in [3.8, 4) is 0 Å². The van der Waals surface area contributed by atoms with Gasteiger partial charge in [-0.25, -0.2) is 0 Å². The minimum atomic E-state index is -0.638. The third kappa shape index (κ3) is 5.75. The zero-order chi connectivity index (χ0) is 23.3. The van der Waals surface area contributed by atoms with Crippen molar-refractivity contribution in [3.63, 3.8) is 0 Å². The standard InChI is InChI=1S/C21H19N3O6S2/c1-13-2-5-15(6-3-13)22-19(26)12-23-20(27)18(32-21(23)28)11-14-4-7-17(31-9-8-25)16(10-14)24(29)30/h2-7,10-11,25H,8-9,12H2,1H3,(H,22,26)/b18-11-. The van der Waals surface area contributed by atoms with Crippen LogP contribution in [0.5, 0.6) is 0 Å². The fourth-order valence-corrected chi connectivity index (χ4v) is 4.41. The Morgan fingerprint density at radius 3 is 2.62 bits per heavy atom. The lowest BCUT2D eigenvalue weighted by Gasteiger charge is -2.12. The number of nitrogens with one attached hydrogen (secondary N) is 1. The van der Waals surface area contributed by atoms with Gasteiger partial charge >= 0.3 is 0 Å². The molecule has 2 aromatic rings. The van der Waals surface area contributed by atoms with Gasteiger partial charge in [-0.1, -0.05) is 23.8 Å². The van der Waals surface area contributed by atoms with E-state index in [1.165, 1.54) is 18.2 Å². The molecule has 2 N–H and O–H groups in total. The van der Waals surface area contributed by atoms with Gasteiger partial charge in [-0.15, -0.1) is 11.8 Å². The average Bonchev–Trinajstić information content (AvgIpc) is 3.01. The predicted octanol–water partition coefficient (Wildman–Crippen LogP) is 3.66. The van der Waals surface area contributed by atoms with Crippen LogP contribution < -0.4 is 5.32 Å². The van der Waals surface area contributed by atoms with E-state index in [2.05, 4.69) is 5.32 Å². The van der Waals surface area contributed by atoms with Crippen molar-refractivity contribution in [2.24, 2.45) is 0 Å². The van der Waals surface area contributed by atoms with Gasteiger partial charge in [0.1, 0.15) is 6.54 Å². The van der Waals surface area contributed by atoms with Gasteiger partial charge in [0.25, 0.3) is 16.8 Å². The van der Waals surface area contributed by atoms with Gasteiger partial charge in [0.2, 0.25) is 5.91 Å². The van der Waals surface area contributed by atoms with Crippen molar-refractivity contribution in [1.82, 2.24) is 4.90 Å². The molecular weight excluding hydrogens is 454 g/mol. The molecule has 32 heavy (non-hydrogen) atoms. The van der Waals surface area contributed by atoms with E-state index in [0.717, 1.165) is 22.2 Å². The molecule has 166 valence electrons. The van der Waals surface area contributed by atoms with Crippen LogP contribution in [-0.2, 0) is 9.59 Å². The largest absolute Gasteiger partial charge is 0.396 e. The molecule has 9 nitrogen and oxygen atoms in total. The van der Waals surface area contributed by atoms with Crippen molar-refractivity contribution < 1.29 is 24.4 Å². The molecule has 2 aromatic carbocycles. The number of anilines is 1. The highest BCUT2D eigenvalue weighted by molar-refractivity contribution is 8.18. The molecule has 1 heterocycles. The summed E-state index contributed by atoms with van der Waals surface area (Å²) in [6.07, 6.45) is 1.39. The van der Waals surface area contributed by atoms with E-state index in [4.69, 9.17) is 5.11 Å². The molecule has 11 heteroatoms. The molecule has 1 fully saturated rings. The van der Waals surface area contributed by atoms with E-state index >= 15 is 0 Å². The number of aliphatic hydroxyl groups excluding tert-OH is 1. The zero-order valence-corrected chi connectivity index (χ0v) is 18.6. The molecule has 3 rings (SSSR count). The fourth-order valence-electron chi connectivity index (χ4n) is 2.81. The first kappa shape index (κ1) is 23.5. The van der Waals surface area contributed by atoms with Crippen LogP contribution in [0, 0.1) is 17.0 Å². The maximum Gasteiger partial charge on any atom is 0.294 e. The highest BCUT2D eigenvalue weighted by Crippen LogP contribution is 2.34. The smallest absolute Gasteiger partial charge is 0.294 e. The van der Waals surface area contributed by atoms with E-state index in [0.29, 0.717) is 33.7 Å². The Hall–Kier alpha value is -3.15. The normalized spacial score (nSPS) is 14.8. The molecule has 0 saturated carbocycles. The minimum Gasteiger partial charge on any atom is -0.396 e. The van der Waals surface area contributed by atoms with Crippen LogP contribution in [0.2, 0.25) is 0 Å². The number of nitrogens with zero attached hydrogens (tertiary/aromatic N) is 2. The fraction of sp³-hybridized carbons (Fsp3) is 0.190. The maximum atomic E-state index is 12.7. The summed E-state index contributed by atoms with van der Waals surface area (Å²) < 4.78 is 0. The van der Waals surface area contributed by atoms with Crippen LogP contribution in [0.25, 0.3) is 6.08 Å². The summed E-state index contributed by atoms with van der Waals surface area (Å²) in [7, 11) is 0. The molecule has 0 bridgehead atoms. The molecule has 0 aromatic heterocycles. The summed E-state index contributed by atoms with van der Waals surface area (Å²) in [6, 6.07) is 11.5. The summed E-state index contributed by atoms with van der Waals surface area (Å²) in [5.74, 6) is -0.845. The van der Waals surface area contributed by atoms with Crippen LogP contribution >= 0.6 is 23.5 Å². The van der Waals surface area contributed by atoms with Gasteiger partial charge < -0.3 is 10.4 Å². The lowest BCUT2D eigenvalue weighted by Crippen LogP contribution is -2.36. The second kappa shape index (κ2) is 10.4. The summed E-state index contributed by atoms with van der Waals surface area (Å²) >= 11 is 1.81. The lowest BCUT2D eigenvalue weighted by atomic mass is 10.2. The van der Waals surface area contributed by atoms with Gasteiger partial charge in [-0.05, 0) is 48.5 Å². The first-order chi connectivity index (χ1) is 15.3. The second-order valence-electron chi connectivity index (χ2n) is 6.74. The highest BCUT2D eigenvalue weighted by Gasteiger charge is 2.36. The Bertz CT molecular complexity index is 1100. The van der Waals surface area contributed by atoms with Crippen molar-refractivity contribution in [3.05, 3.63) is 68.6 Å². The molecule has 0 aliphatic carbocycles. The van der Waals surface area contributed by atoms with Crippen LogP contribution in [-0.4, -0.2) is 50.9 Å². The molecule has 0 atom stereocenters. The zero-order valence-electron chi connectivity index (χ0n) is 16.9. The van der Waals surface area contributed by atoms with Crippen LogP contribution in [0.4, 0.5) is 16.2 Å². The van der Waals surface area contributed by atoms with E-state index in [9.17, 15) is 24.5 Å². The number of hydrogen-bond acceptors (Lipinski definition) is 8. The third-order valence-corrected chi connectivity index (χ3v) is 6.29. The first-order valence-corrected chi connectivity index (χ1v) is 11.2. The first-order valence-electron chi connectivity index (χ1n) is 9.42. The Morgan fingerprint density at radius 2 is 1.97 bits per heavy atom. The van der Waals surface area contributed by atoms with Gasteiger partial charge in [0.15, 0.2) is 0 Å². The Morgan fingerprint density at radius 1 is 1.25 bits per heavy atom. The summed E-state index contributed by atoms with van der Waals surface area (Å²) in [4.78, 5) is 49.3. The average molecular weight is 474 g/mol. The number of amides is 3. The van der Waals surface area contributed by atoms with Crippen molar-refractivity contribution in [1.29, 1.82) is 0 Å². The molecule has 0 radical (unpaired) electrons. The Balaban J connectivity index is 1.73. The molecule has 0 unspecified atom stereocenters. The number of carbonyl (C=O) groups excluding carboxylic acids is 3. The van der Waals surface area contributed by atoms with Gasteiger partial charge in [0, 0.05) is 17.5 Å². The number of aryl methyl sites for hydroxylation is 1. The summed E-state index contributed by atoms with van der Waals surface area (Å²) in [6.45, 7) is 1.36. The Labute approximate surface area is 192 Å². The van der Waals surface area contributed by atoms with Gasteiger partial charge in [0.05, 0.1) is 21.3 Å². The quantitative estimate of drug-likeness (QED) is 0.257. The number of aliphatic hydroxyl groups is 1. The second-order valence-corrected chi connectivity index (χ2v) is 8.87. The van der Waals surface area contributed by atoms with Gasteiger partial charge in [-0.3, -0.25) is 29.4 Å². The molecule has 1 aliphatic rings. The number of nitro benzene ring substituents is 1. The SMILES string of the molecule is Cc1ccc(NC(=O)CN2C(=O)S/C(=C\c3ccc(SCCO)c([N+](=O)[O-])c3)C2=O)cc1. The number of rotatable bonds is 8. The van der Waals surface area contributed by atoms with E-state index < -0.39 is 28.5 Å². The van der Waals surface area contributed by atoms with Crippen LogP contribution in [0.1, 0.15) is 11.1 Å². The summed E-state index contributed by atoms with van der Waals surface area (Å²) in [5.41, 5.74) is 1.79. The van der Waals surface area contributed by atoms with Crippen molar-refractivity contribution >= 4 is 58.0 Å². The van der Waals surface area contributed by atoms with Crippen LogP contribution in [0.15, 0.2) is 52.3 Å². The van der Waals surface area contributed by atoms with E-state index in [-0.39, 0.29) is 17.2 Å².